The van der Waals surface area contributed by atoms with E-state index in [2.05, 4.69) is 11.9 Å². The van der Waals surface area contributed by atoms with Crippen molar-refractivity contribution in [2.24, 2.45) is 0 Å². The molecule has 1 N–H and O–H groups in total. The Labute approximate surface area is 118 Å². The van der Waals surface area contributed by atoms with Crippen LogP contribution in [0.3, 0.4) is 0 Å². The lowest BCUT2D eigenvalue weighted by atomic mass is 10.2. The van der Waals surface area contributed by atoms with Crippen molar-refractivity contribution in [3.63, 3.8) is 0 Å². The van der Waals surface area contributed by atoms with Gasteiger partial charge >= 0.3 is 12.1 Å². The van der Waals surface area contributed by atoms with Crippen LogP contribution in [-0.2, 0) is 20.9 Å². The molecule has 1 aromatic carbocycles. The molecule has 1 rings (SSSR count). The van der Waals surface area contributed by atoms with Gasteiger partial charge in [0.15, 0.2) is 0 Å². The van der Waals surface area contributed by atoms with Gasteiger partial charge in [0.05, 0.1) is 0 Å². The number of carbonyl (C=O) groups excluding carboxylic acids is 2. The maximum absolute atomic E-state index is 11.6. The molecule has 108 valence electrons. The SMILES string of the molecule is C=CC(=O)OCc1ccc(NC(=O)OC(C)(C)C)cc1. The third kappa shape index (κ3) is 6.04. The van der Waals surface area contributed by atoms with Crippen molar-refractivity contribution < 1.29 is 19.1 Å². The molecule has 0 unspecified atom stereocenters. The third-order valence-corrected chi connectivity index (χ3v) is 2.15. The van der Waals surface area contributed by atoms with Gasteiger partial charge in [-0.15, -0.1) is 0 Å². The molecule has 0 aliphatic carbocycles. The fraction of sp³-hybridized carbons (Fsp3) is 0.333. The van der Waals surface area contributed by atoms with E-state index in [9.17, 15) is 9.59 Å². The second-order valence-corrected chi connectivity index (χ2v) is 5.14. The van der Waals surface area contributed by atoms with E-state index in [4.69, 9.17) is 9.47 Å². The van der Waals surface area contributed by atoms with Gasteiger partial charge in [-0.25, -0.2) is 9.59 Å². The summed E-state index contributed by atoms with van der Waals surface area (Å²) >= 11 is 0. The molecule has 0 saturated carbocycles. The third-order valence-electron chi connectivity index (χ3n) is 2.15. The zero-order chi connectivity index (χ0) is 15.2. The van der Waals surface area contributed by atoms with Gasteiger partial charge in [-0.05, 0) is 38.5 Å². The quantitative estimate of drug-likeness (QED) is 0.677. The van der Waals surface area contributed by atoms with Crippen molar-refractivity contribution in [1.29, 1.82) is 0 Å². The van der Waals surface area contributed by atoms with Gasteiger partial charge in [-0.3, -0.25) is 5.32 Å². The summed E-state index contributed by atoms with van der Waals surface area (Å²) < 4.78 is 10.0. The molecule has 0 aliphatic heterocycles. The van der Waals surface area contributed by atoms with Gasteiger partial charge in [-0.2, -0.15) is 0 Å². The number of esters is 1. The first-order chi connectivity index (χ1) is 9.30. The first-order valence-corrected chi connectivity index (χ1v) is 6.18. The average molecular weight is 277 g/mol. The number of hydrogen-bond acceptors (Lipinski definition) is 4. The standard InChI is InChI=1S/C15H19NO4/c1-5-13(17)19-10-11-6-8-12(9-7-11)16-14(18)20-15(2,3)4/h5-9H,1,10H2,2-4H3,(H,16,18). The van der Waals surface area contributed by atoms with Gasteiger partial charge in [0, 0.05) is 11.8 Å². The van der Waals surface area contributed by atoms with Crippen LogP contribution in [0.15, 0.2) is 36.9 Å². The van der Waals surface area contributed by atoms with Gasteiger partial charge in [0.1, 0.15) is 12.2 Å². The fourth-order valence-electron chi connectivity index (χ4n) is 1.32. The lowest BCUT2D eigenvalue weighted by Gasteiger charge is -2.19. The number of amides is 1. The Morgan fingerprint density at radius 1 is 1.25 bits per heavy atom. The molecule has 0 bridgehead atoms. The van der Waals surface area contributed by atoms with Crippen LogP contribution in [-0.4, -0.2) is 17.7 Å². The van der Waals surface area contributed by atoms with Crippen LogP contribution in [0, 0.1) is 0 Å². The highest BCUT2D eigenvalue weighted by Gasteiger charge is 2.16. The molecule has 1 aromatic rings. The Morgan fingerprint density at radius 3 is 2.35 bits per heavy atom. The van der Waals surface area contributed by atoms with Gasteiger partial charge in [0.2, 0.25) is 0 Å². The molecule has 0 radical (unpaired) electrons. The lowest BCUT2D eigenvalue weighted by Crippen LogP contribution is -2.27. The van der Waals surface area contributed by atoms with E-state index in [1.165, 1.54) is 0 Å². The van der Waals surface area contributed by atoms with E-state index in [0.29, 0.717) is 5.69 Å². The summed E-state index contributed by atoms with van der Waals surface area (Å²) in [7, 11) is 0. The zero-order valence-corrected chi connectivity index (χ0v) is 11.9. The van der Waals surface area contributed by atoms with Gasteiger partial charge in [0.25, 0.3) is 0 Å². The minimum atomic E-state index is -0.539. The Balaban J connectivity index is 2.52. The van der Waals surface area contributed by atoms with E-state index >= 15 is 0 Å². The Hall–Kier alpha value is -2.30. The summed E-state index contributed by atoms with van der Waals surface area (Å²) in [5.41, 5.74) is 0.885. The number of carbonyl (C=O) groups is 2. The molecular weight excluding hydrogens is 258 g/mol. The molecule has 0 aromatic heterocycles. The van der Waals surface area contributed by atoms with Crippen molar-refractivity contribution >= 4 is 17.7 Å². The smallest absolute Gasteiger partial charge is 0.412 e. The predicted octanol–water partition coefficient (Wildman–Crippen LogP) is 3.26. The highest BCUT2D eigenvalue weighted by molar-refractivity contribution is 5.84. The maximum atomic E-state index is 11.6. The number of rotatable bonds is 4. The van der Waals surface area contributed by atoms with Crippen LogP contribution in [0.5, 0.6) is 0 Å². The van der Waals surface area contributed by atoms with E-state index in [0.717, 1.165) is 11.6 Å². The van der Waals surface area contributed by atoms with E-state index in [-0.39, 0.29) is 6.61 Å². The first-order valence-electron chi connectivity index (χ1n) is 6.18. The maximum Gasteiger partial charge on any atom is 0.412 e. The number of ether oxygens (including phenoxy) is 2. The van der Waals surface area contributed by atoms with E-state index < -0.39 is 17.7 Å². The molecule has 0 fully saturated rings. The van der Waals surface area contributed by atoms with Crippen LogP contribution in [0.2, 0.25) is 0 Å². The van der Waals surface area contributed by atoms with Crippen molar-refractivity contribution in [2.45, 2.75) is 33.0 Å². The largest absolute Gasteiger partial charge is 0.458 e. The van der Waals surface area contributed by atoms with Crippen LogP contribution in [0.1, 0.15) is 26.3 Å². The van der Waals surface area contributed by atoms with Crippen LogP contribution in [0.25, 0.3) is 0 Å². The van der Waals surface area contributed by atoms with Gasteiger partial charge in [-0.1, -0.05) is 18.7 Å². The predicted molar refractivity (Wildman–Crippen MR) is 76.3 cm³/mol. The lowest BCUT2D eigenvalue weighted by molar-refractivity contribution is -0.138. The normalized spacial score (nSPS) is 10.6. The summed E-state index contributed by atoms with van der Waals surface area (Å²) in [6, 6.07) is 6.92. The number of nitrogens with one attached hydrogen (secondary N) is 1. The summed E-state index contributed by atoms with van der Waals surface area (Å²) in [6.45, 7) is 8.86. The molecule has 20 heavy (non-hydrogen) atoms. The van der Waals surface area contributed by atoms with Crippen molar-refractivity contribution in [2.75, 3.05) is 5.32 Å². The Morgan fingerprint density at radius 2 is 1.85 bits per heavy atom. The summed E-state index contributed by atoms with van der Waals surface area (Å²) in [5.74, 6) is -0.471. The van der Waals surface area contributed by atoms with Crippen LogP contribution >= 0.6 is 0 Å². The fourth-order valence-corrected chi connectivity index (χ4v) is 1.32. The molecule has 0 saturated heterocycles. The Bertz CT molecular complexity index is 486. The molecule has 0 atom stereocenters. The molecular formula is C15H19NO4. The number of anilines is 1. The summed E-state index contributed by atoms with van der Waals surface area (Å²) in [4.78, 5) is 22.5. The molecule has 0 heterocycles. The zero-order valence-electron chi connectivity index (χ0n) is 11.9. The molecule has 0 spiro atoms. The van der Waals surface area contributed by atoms with E-state index in [1.807, 2.05) is 0 Å². The highest BCUT2D eigenvalue weighted by atomic mass is 16.6. The summed E-state index contributed by atoms with van der Waals surface area (Å²) in [6.07, 6.45) is 0.599. The van der Waals surface area contributed by atoms with Gasteiger partial charge < -0.3 is 9.47 Å². The van der Waals surface area contributed by atoms with Crippen molar-refractivity contribution in [1.82, 2.24) is 0 Å². The minimum absolute atomic E-state index is 0.164. The van der Waals surface area contributed by atoms with Crippen LogP contribution in [0.4, 0.5) is 10.5 Å². The molecule has 1 amide bonds. The van der Waals surface area contributed by atoms with Crippen molar-refractivity contribution in [3.8, 4) is 0 Å². The minimum Gasteiger partial charge on any atom is -0.458 e. The Kier molecular flexibility index (Phi) is 5.32. The monoisotopic (exact) mass is 277 g/mol. The molecule has 0 aliphatic rings. The number of benzene rings is 1. The number of hydrogen-bond donors (Lipinski definition) is 1. The average Bonchev–Trinajstić information content (AvgIpc) is 2.35. The first kappa shape index (κ1) is 15.8. The topological polar surface area (TPSA) is 64.6 Å². The second kappa shape index (κ2) is 6.75. The second-order valence-electron chi connectivity index (χ2n) is 5.14. The van der Waals surface area contributed by atoms with Crippen molar-refractivity contribution in [3.05, 3.63) is 42.5 Å². The van der Waals surface area contributed by atoms with Crippen LogP contribution < -0.4 is 5.32 Å². The summed E-state index contributed by atoms with van der Waals surface area (Å²) in [5, 5.41) is 2.62. The highest BCUT2D eigenvalue weighted by Crippen LogP contribution is 2.13. The molecule has 5 heteroatoms. The molecule has 5 nitrogen and oxygen atoms in total. The van der Waals surface area contributed by atoms with E-state index in [1.54, 1.807) is 45.0 Å².